The van der Waals surface area contributed by atoms with E-state index >= 15 is 0 Å². The zero-order chi connectivity index (χ0) is 22.3. The maximum absolute atomic E-state index is 12.6. The van der Waals surface area contributed by atoms with Crippen LogP contribution in [0.1, 0.15) is 68.7 Å². The van der Waals surface area contributed by atoms with E-state index in [2.05, 4.69) is 6.58 Å². The van der Waals surface area contributed by atoms with Gasteiger partial charge in [0.15, 0.2) is 0 Å². The topological polar surface area (TPSA) is 78.9 Å². The summed E-state index contributed by atoms with van der Waals surface area (Å²) >= 11 is 0. The molecule has 0 spiro atoms. The van der Waals surface area contributed by atoms with Crippen molar-refractivity contribution in [2.24, 2.45) is 22.2 Å². The molecule has 0 N–H and O–H groups in total. The van der Waals surface area contributed by atoms with E-state index in [9.17, 15) is 14.4 Å². The summed E-state index contributed by atoms with van der Waals surface area (Å²) in [5.74, 6) is -3.11. The third-order valence-corrected chi connectivity index (χ3v) is 3.29. The van der Waals surface area contributed by atoms with E-state index in [1.807, 2.05) is 62.3 Å². The van der Waals surface area contributed by atoms with Crippen LogP contribution < -0.4 is 0 Å². The lowest BCUT2D eigenvalue weighted by molar-refractivity contribution is -0.158. The van der Waals surface area contributed by atoms with Gasteiger partial charge in [0.1, 0.15) is 0 Å². The second-order valence-corrected chi connectivity index (χ2v) is 10.8. The van der Waals surface area contributed by atoms with Gasteiger partial charge < -0.3 is 14.2 Å². The standard InChI is InChI=1S/C22H38O6/c1-15(18(24)27-13-21(5,6)7)16(19(25)28-14-22(8,9)10)11-17(23)26-12-20(2,3)4/h16H,1,11-14H2,2-10H3. The minimum Gasteiger partial charge on any atom is -0.465 e. The number of hydrogen-bond acceptors (Lipinski definition) is 6. The lowest BCUT2D eigenvalue weighted by Crippen LogP contribution is -2.31. The first-order valence-electron chi connectivity index (χ1n) is 9.59. The van der Waals surface area contributed by atoms with Crippen molar-refractivity contribution in [3.63, 3.8) is 0 Å². The molecule has 0 aromatic rings. The molecule has 0 aliphatic carbocycles. The zero-order valence-electron chi connectivity index (χ0n) is 19.1. The van der Waals surface area contributed by atoms with Crippen LogP contribution in [0, 0.1) is 22.2 Å². The zero-order valence-corrected chi connectivity index (χ0v) is 19.1. The van der Waals surface area contributed by atoms with Gasteiger partial charge in [0.2, 0.25) is 0 Å². The number of carbonyl (C=O) groups excluding carboxylic acids is 3. The van der Waals surface area contributed by atoms with Gasteiger partial charge in [0.05, 0.1) is 32.2 Å². The van der Waals surface area contributed by atoms with E-state index in [0.717, 1.165) is 0 Å². The van der Waals surface area contributed by atoms with E-state index in [1.54, 1.807) is 0 Å². The Morgan fingerprint density at radius 1 is 0.714 bits per heavy atom. The fourth-order valence-corrected chi connectivity index (χ4v) is 1.78. The predicted octanol–water partition coefficient (Wildman–Crippen LogP) is 4.32. The Kier molecular flexibility index (Phi) is 9.41. The van der Waals surface area contributed by atoms with Gasteiger partial charge in [0.25, 0.3) is 0 Å². The Labute approximate surface area is 170 Å². The predicted molar refractivity (Wildman–Crippen MR) is 108 cm³/mol. The Bertz CT molecular complexity index is 569. The molecular formula is C22H38O6. The highest BCUT2D eigenvalue weighted by Gasteiger charge is 2.33. The van der Waals surface area contributed by atoms with E-state index in [1.165, 1.54) is 0 Å². The summed E-state index contributed by atoms with van der Waals surface area (Å²) < 4.78 is 15.8. The van der Waals surface area contributed by atoms with Gasteiger partial charge in [-0.15, -0.1) is 0 Å². The summed E-state index contributed by atoms with van der Waals surface area (Å²) in [4.78, 5) is 37.2. The maximum Gasteiger partial charge on any atom is 0.334 e. The Balaban J connectivity index is 5.20. The molecule has 0 rings (SSSR count). The Morgan fingerprint density at radius 2 is 1.11 bits per heavy atom. The molecule has 0 aromatic carbocycles. The van der Waals surface area contributed by atoms with Crippen molar-refractivity contribution in [1.82, 2.24) is 0 Å². The maximum atomic E-state index is 12.6. The third kappa shape index (κ3) is 12.5. The molecule has 0 aliphatic rings. The molecule has 0 aliphatic heterocycles. The van der Waals surface area contributed by atoms with Crippen molar-refractivity contribution in [2.75, 3.05) is 19.8 Å². The number of rotatable bonds is 8. The summed E-state index contributed by atoms with van der Waals surface area (Å²) in [6.07, 6.45) is -0.317. The Hall–Kier alpha value is -1.85. The van der Waals surface area contributed by atoms with E-state index < -0.39 is 23.8 Å². The van der Waals surface area contributed by atoms with Crippen LogP contribution in [0.4, 0.5) is 0 Å². The van der Waals surface area contributed by atoms with Crippen LogP contribution in [0.15, 0.2) is 12.2 Å². The molecule has 6 heteroatoms. The first-order chi connectivity index (χ1) is 12.4. The molecule has 162 valence electrons. The monoisotopic (exact) mass is 398 g/mol. The summed E-state index contributed by atoms with van der Waals surface area (Å²) in [6.45, 7) is 21.5. The molecule has 0 saturated carbocycles. The van der Waals surface area contributed by atoms with Crippen LogP contribution in [-0.4, -0.2) is 37.7 Å². The lowest BCUT2D eigenvalue weighted by Gasteiger charge is -2.23. The van der Waals surface area contributed by atoms with Crippen LogP contribution in [0.25, 0.3) is 0 Å². The average molecular weight is 399 g/mol. The molecule has 0 fully saturated rings. The lowest BCUT2D eigenvalue weighted by atomic mass is 9.95. The minimum atomic E-state index is -1.14. The average Bonchev–Trinajstić information content (AvgIpc) is 2.50. The van der Waals surface area contributed by atoms with Gasteiger partial charge in [-0.2, -0.15) is 0 Å². The smallest absolute Gasteiger partial charge is 0.334 e. The van der Waals surface area contributed by atoms with Crippen molar-refractivity contribution in [2.45, 2.75) is 68.7 Å². The van der Waals surface area contributed by atoms with E-state index in [0.29, 0.717) is 0 Å². The molecule has 0 heterocycles. The summed E-state index contributed by atoms with van der Waals surface area (Å²) in [6, 6.07) is 0. The number of esters is 3. The highest BCUT2D eigenvalue weighted by molar-refractivity contribution is 5.96. The molecule has 0 aromatic heterocycles. The van der Waals surface area contributed by atoms with Gasteiger partial charge >= 0.3 is 17.9 Å². The van der Waals surface area contributed by atoms with Crippen LogP contribution in [0.3, 0.4) is 0 Å². The van der Waals surface area contributed by atoms with Gasteiger partial charge in [-0.05, 0) is 16.2 Å². The van der Waals surface area contributed by atoms with Gasteiger partial charge in [-0.25, -0.2) is 4.79 Å². The molecule has 1 unspecified atom stereocenters. The van der Waals surface area contributed by atoms with Gasteiger partial charge in [0, 0.05) is 5.57 Å². The molecule has 0 radical (unpaired) electrons. The second kappa shape index (κ2) is 10.1. The number of ether oxygens (including phenoxy) is 3. The third-order valence-electron chi connectivity index (χ3n) is 3.29. The molecule has 0 amide bonds. The molecule has 0 saturated heterocycles. The fourth-order valence-electron chi connectivity index (χ4n) is 1.78. The SMILES string of the molecule is C=C(C(=O)OCC(C)(C)C)C(CC(=O)OCC(C)(C)C)C(=O)OCC(C)(C)C. The van der Waals surface area contributed by atoms with Crippen LogP contribution >= 0.6 is 0 Å². The van der Waals surface area contributed by atoms with Crippen molar-refractivity contribution in [3.8, 4) is 0 Å². The van der Waals surface area contributed by atoms with Crippen LogP contribution in [-0.2, 0) is 28.6 Å². The summed E-state index contributed by atoms with van der Waals surface area (Å²) in [5, 5.41) is 0. The first-order valence-corrected chi connectivity index (χ1v) is 9.59. The highest BCUT2D eigenvalue weighted by Crippen LogP contribution is 2.23. The minimum absolute atomic E-state index is 0.101. The van der Waals surface area contributed by atoms with Crippen molar-refractivity contribution in [3.05, 3.63) is 12.2 Å². The van der Waals surface area contributed by atoms with Crippen molar-refractivity contribution >= 4 is 17.9 Å². The van der Waals surface area contributed by atoms with Crippen molar-refractivity contribution < 1.29 is 28.6 Å². The van der Waals surface area contributed by atoms with Crippen LogP contribution in [0.2, 0.25) is 0 Å². The highest BCUT2D eigenvalue weighted by atomic mass is 16.5. The molecule has 0 bridgehead atoms. The largest absolute Gasteiger partial charge is 0.465 e. The Morgan fingerprint density at radius 3 is 1.54 bits per heavy atom. The molecular weight excluding hydrogens is 360 g/mol. The molecule has 1 atom stereocenters. The summed E-state index contributed by atoms with van der Waals surface area (Å²) in [5.41, 5.74) is -0.790. The normalized spacial score (nSPS) is 13.5. The first kappa shape index (κ1) is 26.1. The quantitative estimate of drug-likeness (QED) is 0.344. The van der Waals surface area contributed by atoms with Crippen LogP contribution in [0.5, 0.6) is 0 Å². The molecule has 6 nitrogen and oxygen atoms in total. The van der Waals surface area contributed by atoms with Gasteiger partial charge in [-0.1, -0.05) is 68.9 Å². The number of hydrogen-bond donors (Lipinski definition) is 0. The van der Waals surface area contributed by atoms with Gasteiger partial charge in [-0.3, -0.25) is 9.59 Å². The number of carbonyl (C=O) groups is 3. The second-order valence-electron chi connectivity index (χ2n) is 10.8. The van der Waals surface area contributed by atoms with E-state index in [-0.39, 0.29) is 48.1 Å². The molecule has 28 heavy (non-hydrogen) atoms. The van der Waals surface area contributed by atoms with Crippen molar-refractivity contribution in [1.29, 1.82) is 0 Å². The van der Waals surface area contributed by atoms with E-state index in [4.69, 9.17) is 14.2 Å². The fraction of sp³-hybridized carbons (Fsp3) is 0.773. The summed E-state index contributed by atoms with van der Waals surface area (Å²) in [7, 11) is 0.